The normalized spacial score (nSPS) is 23.6. The summed E-state index contributed by atoms with van der Waals surface area (Å²) in [6.07, 6.45) is 3.99. The second-order valence-electron chi connectivity index (χ2n) is 11.2. The van der Waals surface area contributed by atoms with E-state index in [0.717, 1.165) is 27.9 Å². The number of hydrogen-bond donors (Lipinski definition) is 1. The molecule has 202 valence electrons. The van der Waals surface area contributed by atoms with E-state index < -0.39 is 23.4 Å². The molecular weight excluding hydrogens is 532 g/mol. The Morgan fingerprint density at radius 3 is 2.24 bits per heavy atom. The van der Waals surface area contributed by atoms with E-state index in [2.05, 4.69) is 5.32 Å². The minimum absolute atomic E-state index is 0.229. The minimum atomic E-state index is -1.33. The van der Waals surface area contributed by atoms with E-state index >= 15 is 0 Å². The fourth-order valence-corrected chi connectivity index (χ4v) is 7.08. The molecule has 0 radical (unpaired) electrons. The highest BCUT2D eigenvalue weighted by Crippen LogP contribution is 2.58. The number of nitrogens with zero attached hydrogens (tertiary/aromatic N) is 1. The Morgan fingerprint density at radius 2 is 1.49 bits per heavy atom. The standard InChI is InChI=1S/C35H27ClN2O3/c1-20-7-10-23(11-8-20)32(39)30-31(33(40)24-12-15-25(36)16-13-24)38-28-6-4-3-5-22(28)14-18-29(38)35(30)26-19-21(2)9-17-27(26)37-34(35)41/h3-19,29-31H,1-2H3,(H,37,41)/t29?,30-,31-,35+/m1/s1. The zero-order valence-corrected chi connectivity index (χ0v) is 23.4. The minimum Gasteiger partial charge on any atom is -0.352 e. The molecule has 4 atom stereocenters. The topological polar surface area (TPSA) is 66.5 Å². The number of rotatable bonds is 4. The smallest absolute Gasteiger partial charge is 0.238 e. The fraction of sp³-hybridized carbons (Fsp3) is 0.171. The van der Waals surface area contributed by atoms with Crippen molar-refractivity contribution < 1.29 is 14.4 Å². The van der Waals surface area contributed by atoms with Crippen LogP contribution < -0.4 is 10.2 Å². The van der Waals surface area contributed by atoms with Crippen molar-refractivity contribution in [2.75, 3.05) is 10.2 Å². The monoisotopic (exact) mass is 558 g/mol. The highest BCUT2D eigenvalue weighted by Gasteiger charge is 2.70. The molecule has 1 unspecified atom stereocenters. The highest BCUT2D eigenvalue weighted by atomic mass is 35.5. The maximum absolute atomic E-state index is 14.8. The molecule has 0 bridgehead atoms. The number of carbonyl (C=O) groups is 3. The van der Waals surface area contributed by atoms with Crippen molar-refractivity contribution >= 4 is 46.5 Å². The molecule has 0 saturated carbocycles. The van der Waals surface area contributed by atoms with Crippen LogP contribution in [0, 0.1) is 19.8 Å². The first kappa shape index (κ1) is 25.5. The van der Waals surface area contributed by atoms with Crippen molar-refractivity contribution in [3.63, 3.8) is 0 Å². The number of Topliss-reactive ketones (excluding diaryl/α,β-unsaturated/α-hetero) is 2. The molecule has 1 amide bonds. The summed E-state index contributed by atoms with van der Waals surface area (Å²) in [5.41, 5.74) is 4.74. The molecule has 1 saturated heterocycles. The zero-order chi connectivity index (χ0) is 28.5. The van der Waals surface area contributed by atoms with Gasteiger partial charge in [-0.1, -0.05) is 89.5 Å². The van der Waals surface area contributed by atoms with Gasteiger partial charge in [0.2, 0.25) is 5.91 Å². The SMILES string of the molecule is Cc1ccc(C(=O)[C@H]2[C@H](C(=O)c3ccc(Cl)cc3)N3c4ccccc4C=CC3[C@]23C(=O)Nc2ccc(C)cc23)cc1. The number of carbonyl (C=O) groups excluding carboxylic acids is 3. The number of aryl methyl sites for hydroxylation is 2. The maximum atomic E-state index is 14.8. The zero-order valence-electron chi connectivity index (χ0n) is 22.6. The molecule has 1 N–H and O–H groups in total. The molecule has 1 fully saturated rings. The lowest BCUT2D eigenvalue weighted by molar-refractivity contribution is -0.121. The predicted octanol–water partition coefficient (Wildman–Crippen LogP) is 6.81. The van der Waals surface area contributed by atoms with Crippen LogP contribution >= 0.6 is 11.6 Å². The lowest BCUT2D eigenvalue weighted by Gasteiger charge is -2.37. The molecule has 3 aliphatic rings. The van der Waals surface area contributed by atoms with Crippen LogP contribution in [0.4, 0.5) is 11.4 Å². The van der Waals surface area contributed by atoms with E-state index in [4.69, 9.17) is 11.6 Å². The number of ketones is 2. The van der Waals surface area contributed by atoms with Gasteiger partial charge in [-0.05, 0) is 61.4 Å². The second kappa shape index (κ2) is 9.28. The Kier molecular flexibility index (Phi) is 5.77. The van der Waals surface area contributed by atoms with Gasteiger partial charge >= 0.3 is 0 Å². The third-order valence-electron chi connectivity index (χ3n) is 8.81. The first-order valence-corrected chi connectivity index (χ1v) is 14.1. The molecule has 5 nitrogen and oxygen atoms in total. The third kappa shape index (κ3) is 3.65. The van der Waals surface area contributed by atoms with E-state index in [1.807, 2.05) is 85.5 Å². The number of benzene rings is 4. The summed E-state index contributed by atoms with van der Waals surface area (Å²) in [6, 6.07) is 26.2. The summed E-state index contributed by atoms with van der Waals surface area (Å²) in [7, 11) is 0. The van der Waals surface area contributed by atoms with E-state index in [-0.39, 0.29) is 17.5 Å². The predicted molar refractivity (Wildman–Crippen MR) is 162 cm³/mol. The Bertz CT molecular complexity index is 1780. The van der Waals surface area contributed by atoms with Gasteiger partial charge in [0, 0.05) is 27.5 Å². The Hall–Kier alpha value is -4.48. The molecule has 0 aliphatic carbocycles. The maximum Gasteiger partial charge on any atom is 0.238 e. The van der Waals surface area contributed by atoms with E-state index in [0.29, 0.717) is 21.8 Å². The lowest BCUT2D eigenvalue weighted by atomic mass is 9.64. The van der Waals surface area contributed by atoms with Crippen molar-refractivity contribution in [1.29, 1.82) is 0 Å². The van der Waals surface area contributed by atoms with E-state index in [9.17, 15) is 14.4 Å². The van der Waals surface area contributed by atoms with Crippen LogP contribution in [-0.4, -0.2) is 29.6 Å². The Morgan fingerprint density at radius 1 is 0.829 bits per heavy atom. The van der Waals surface area contributed by atoms with Gasteiger partial charge in [0.1, 0.15) is 11.5 Å². The van der Waals surface area contributed by atoms with Crippen LogP contribution in [0.3, 0.4) is 0 Å². The number of para-hydroxylation sites is 1. The van der Waals surface area contributed by atoms with Gasteiger partial charge in [-0.15, -0.1) is 0 Å². The molecule has 3 aliphatic heterocycles. The van der Waals surface area contributed by atoms with E-state index in [1.54, 1.807) is 36.4 Å². The van der Waals surface area contributed by atoms with Gasteiger partial charge < -0.3 is 10.2 Å². The first-order chi connectivity index (χ1) is 19.8. The van der Waals surface area contributed by atoms with Crippen molar-refractivity contribution in [1.82, 2.24) is 0 Å². The lowest BCUT2D eigenvalue weighted by Crippen LogP contribution is -2.51. The Balaban J connectivity index is 1.54. The molecule has 4 aromatic carbocycles. The number of anilines is 2. The second-order valence-corrected chi connectivity index (χ2v) is 11.6. The summed E-state index contributed by atoms with van der Waals surface area (Å²) >= 11 is 6.18. The van der Waals surface area contributed by atoms with Gasteiger partial charge in [-0.25, -0.2) is 0 Å². The van der Waals surface area contributed by atoms with Gasteiger partial charge in [0.25, 0.3) is 0 Å². The van der Waals surface area contributed by atoms with Gasteiger partial charge in [0.05, 0.1) is 12.0 Å². The molecule has 1 spiro atoms. The number of fused-ring (bicyclic) bond motifs is 6. The van der Waals surface area contributed by atoms with Gasteiger partial charge in [-0.2, -0.15) is 0 Å². The van der Waals surface area contributed by atoms with Crippen LogP contribution in [0.15, 0.2) is 97.1 Å². The fourth-order valence-electron chi connectivity index (χ4n) is 6.96. The van der Waals surface area contributed by atoms with Crippen LogP contribution in [0.2, 0.25) is 5.02 Å². The van der Waals surface area contributed by atoms with Crippen molar-refractivity contribution in [3.05, 3.63) is 135 Å². The van der Waals surface area contributed by atoms with Gasteiger partial charge in [0.15, 0.2) is 11.6 Å². The van der Waals surface area contributed by atoms with Gasteiger partial charge in [-0.3, -0.25) is 14.4 Å². The summed E-state index contributed by atoms with van der Waals surface area (Å²) in [5.74, 6) is -1.73. The van der Waals surface area contributed by atoms with Crippen LogP contribution in [0.25, 0.3) is 6.08 Å². The first-order valence-electron chi connectivity index (χ1n) is 13.7. The number of hydrogen-bond acceptors (Lipinski definition) is 4. The largest absolute Gasteiger partial charge is 0.352 e. The number of halogens is 1. The third-order valence-corrected chi connectivity index (χ3v) is 9.06. The molecule has 4 aromatic rings. The average Bonchev–Trinajstić information content (AvgIpc) is 3.45. The van der Waals surface area contributed by atoms with Crippen LogP contribution in [0.5, 0.6) is 0 Å². The highest BCUT2D eigenvalue weighted by molar-refractivity contribution is 6.30. The summed E-state index contributed by atoms with van der Waals surface area (Å²) in [6.45, 7) is 3.94. The quantitative estimate of drug-likeness (QED) is 0.279. The molecule has 0 aromatic heterocycles. The molecule has 7 rings (SSSR count). The van der Waals surface area contributed by atoms with E-state index in [1.165, 1.54) is 0 Å². The molecule has 6 heteroatoms. The number of nitrogens with one attached hydrogen (secondary N) is 1. The summed E-state index contributed by atoms with van der Waals surface area (Å²) in [5, 5.41) is 3.60. The summed E-state index contributed by atoms with van der Waals surface area (Å²) < 4.78 is 0. The molecule has 3 heterocycles. The molecular formula is C35H27ClN2O3. The van der Waals surface area contributed by atoms with Crippen molar-refractivity contribution in [2.24, 2.45) is 5.92 Å². The van der Waals surface area contributed by atoms with Crippen LogP contribution in [-0.2, 0) is 10.2 Å². The van der Waals surface area contributed by atoms with Crippen molar-refractivity contribution in [2.45, 2.75) is 31.3 Å². The van der Waals surface area contributed by atoms with Crippen LogP contribution in [0.1, 0.15) is 43.0 Å². The Labute approximate surface area is 243 Å². The van der Waals surface area contributed by atoms with Crippen molar-refractivity contribution in [3.8, 4) is 0 Å². The summed E-state index contributed by atoms with van der Waals surface area (Å²) in [4.78, 5) is 45.9. The average molecular weight is 559 g/mol. The molecule has 41 heavy (non-hydrogen) atoms. The number of amides is 1.